The molecule has 0 spiro atoms. The Morgan fingerprint density at radius 1 is 0.911 bits per heavy atom. The third-order valence-electron chi connectivity index (χ3n) is 8.00. The van der Waals surface area contributed by atoms with Crippen LogP contribution >= 0.6 is 0 Å². The quantitative estimate of drug-likeness (QED) is 0.224. The van der Waals surface area contributed by atoms with Crippen molar-refractivity contribution < 1.29 is 31.5 Å². The minimum atomic E-state index is -5.08. The molecule has 1 aliphatic rings. The number of aromatic nitrogens is 2. The van der Waals surface area contributed by atoms with Crippen molar-refractivity contribution in [3.05, 3.63) is 54.1 Å². The first-order valence-electron chi connectivity index (χ1n) is 15.2. The zero-order valence-corrected chi connectivity index (χ0v) is 27.3. The van der Waals surface area contributed by atoms with Crippen molar-refractivity contribution in [2.24, 2.45) is 11.8 Å². The fraction of sp³-hybridized carbons (Fsp3) is 0.531. The molecule has 0 amide bonds. The molecule has 2 aromatic carbocycles. The van der Waals surface area contributed by atoms with Gasteiger partial charge in [-0.05, 0) is 86.6 Å². The van der Waals surface area contributed by atoms with E-state index >= 15 is 0 Å². The molecule has 9 nitrogen and oxygen atoms in total. The number of sulfonamides is 1. The van der Waals surface area contributed by atoms with Crippen LogP contribution in [-0.2, 0) is 20.2 Å². The van der Waals surface area contributed by atoms with Crippen LogP contribution in [0.25, 0.3) is 10.9 Å². The maximum Gasteiger partial charge on any atom is 0.490 e. The molecule has 0 bridgehead atoms. The van der Waals surface area contributed by atoms with Gasteiger partial charge in [0.2, 0.25) is 16.0 Å². The van der Waals surface area contributed by atoms with Gasteiger partial charge in [-0.2, -0.15) is 18.2 Å². The highest BCUT2D eigenvalue weighted by atomic mass is 32.2. The second-order valence-corrected chi connectivity index (χ2v) is 14.0. The second-order valence-electron chi connectivity index (χ2n) is 12.3. The van der Waals surface area contributed by atoms with Gasteiger partial charge in [-0.3, -0.25) is 0 Å². The van der Waals surface area contributed by atoms with E-state index in [9.17, 15) is 21.6 Å². The summed E-state index contributed by atoms with van der Waals surface area (Å²) >= 11 is 0. The Bertz CT molecular complexity index is 1510. The lowest BCUT2D eigenvalue weighted by Gasteiger charge is -2.29. The molecule has 0 saturated heterocycles. The standard InChI is InChI=1S/C30H43N5O2S.C2HF3O2/c1-6-35(7-2)28-26-10-8-9-11-27(26)33-29(34-28)31-20-22-12-14-23(15-13-22)21-32-38(36,37)25-18-16-24(17-19-25)30(3,4)5;3-2(4,5)1(6)7/h8-11,16-19,22-23,32H,6-7,12-15,20-21H2,1-5H3,(H,31,33,34);(H,6,7). The van der Waals surface area contributed by atoms with E-state index in [-0.39, 0.29) is 5.41 Å². The van der Waals surface area contributed by atoms with Crippen molar-refractivity contribution in [1.29, 1.82) is 0 Å². The molecule has 0 radical (unpaired) electrons. The Hall–Kier alpha value is -3.45. The number of halogens is 3. The number of nitrogens with one attached hydrogen (secondary N) is 2. The molecule has 0 aliphatic heterocycles. The summed E-state index contributed by atoms with van der Waals surface area (Å²) in [5.41, 5.74) is 2.08. The molecule has 1 fully saturated rings. The number of fused-ring (bicyclic) bond motifs is 1. The fourth-order valence-electron chi connectivity index (χ4n) is 5.22. The Morgan fingerprint density at radius 2 is 1.44 bits per heavy atom. The molecule has 3 N–H and O–H groups in total. The molecular weight excluding hydrogens is 607 g/mol. The van der Waals surface area contributed by atoms with Crippen molar-refractivity contribution in [2.45, 2.75) is 76.8 Å². The predicted molar refractivity (Wildman–Crippen MR) is 171 cm³/mol. The zero-order chi connectivity index (χ0) is 33.4. The number of alkyl halides is 3. The maximum atomic E-state index is 12.8. The lowest BCUT2D eigenvalue weighted by atomic mass is 9.82. The van der Waals surface area contributed by atoms with Crippen LogP contribution in [0, 0.1) is 11.8 Å². The molecule has 0 unspecified atom stereocenters. The molecule has 1 aromatic heterocycles. The van der Waals surface area contributed by atoms with E-state index in [0.717, 1.165) is 67.6 Å². The van der Waals surface area contributed by atoms with Crippen molar-refractivity contribution in [2.75, 3.05) is 36.4 Å². The van der Waals surface area contributed by atoms with E-state index in [1.54, 1.807) is 12.1 Å². The lowest BCUT2D eigenvalue weighted by Crippen LogP contribution is -2.32. The van der Waals surface area contributed by atoms with Crippen LogP contribution in [0.4, 0.5) is 24.9 Å². The topological polar surface area (TPSA) is 125 Å². The smallest absolute Gasteiger partial charge is 0.475 e. The minimum absolute atomic E-state index is 0.00269. The fourth-order valence-corrected chi connectivity index (χ4v) is 6.34. The first-order chi connectivity index (χ1) is 21.0. The Morgan fingerprint density at radius 3 is 1.96 bits per heavy atom. The predicted octanol–water partition coefficient (Wildman–Crippen LogP) is 6.60. The summed E-state index contributed by atoms with van der Waals surface area (Å²) in [7, 11) is -3.50. The van der Waals surface area contributed by atoms with Crippen LogP contribution in [-0.4, -0.2) is 61.8 Å². The van der Waals surface area contributed by atoms with Gasteiger partial charge in [0.15, 0.2) is 0 Å². The van der Waals surface area contributed by atoms with Gasteiger partial charge in [-0.1, -0.05) is 45.0 Å². The SMILES string of the molecule is CCN(CC)c1nc(NCC2CCC(CNS(=O)(=O)c3ccc(C(C)(C)C)cc3)CC2)nc2ccccc12.O=C(O)C(F)(F)F. The number of carboxylic acids is 1. The van der Waals surface area contributed by atoms with Gasteiger partial charge in [0.25, 0.3) is 0 Å². The number of aliphatic carboxylic acids is 1. The van der Waals surface area contributed by atoms with Gasteiger partial charge in [-0.15, -0.1) is 0 Å². The van der Waals surface area contributed by atoms with Gasteiger partial charge in [-0.25, -0.2) is 22.9 Å². The molecule has 13 heteroatoms. The number of rotatable bonds is 10. The Balaban J connectivity index is 0.000000707. The number of hydrogen-bond acceptors (Lipinski definition) is 7. The number of nitrogens with zero attached hydrogens (tertiary/aromatic N) is 3. The van der Waals surface area contributed by atoms with Crippen molar-refractivity contribution >= 4 is 38.7 Å². The molecule has 45 heavy (non-hydrogen) atoms. The monoisotopic (exact) mass is 651 g/mol. The average Bonchev–Trinajstić information content (AvgIpc) is 2.99. The summed E-state index contributed by atoms with van der Waals surface area (Å²) in [6.07, 6.45) is -0.922. The molecule has 1 heterocycles. The summed E-state index contributed by atoms with van der Waals surface area (Å²) in [6, 6.07) is 15.4. The average molecular weight is 652 g/mol. The van der Waals surface area contributed by atoms with Gasteiger partial charge < -0.3 is 15.3 Å². The van der Waals surface area contributed by atoms with E-state index in [1.165, 1.54) is 0 Å². The largest absolute Gasteiger partial charge is 0.490 e. The molecule has 248 valence electrons. The van der Waals surface area contributed by atoms with Crippen LogP contribution in [0.1, 0.15) is 65.9 Å². The highest BCUT2D eigenvalue weighted by Gasteiger charge is 2.38. The molecule has 4 rings (SSSR count). The first-order valence-corrected chi connectivity index (χ1v) is 16.7. The van der Waals surface area contributed by atoms with Gasteiger partial charge in [0, 0.05) is 31.6 Å². The number of carboxylic acid groups (broad SMARTS) is 1. The second kappa shape index (κ2) is 15.2. The van der Waals surface area contributed by atoms with Gasteiger partial charge in [0.05, 0.1) is 10.4 Å². The number of benzene rings is 2. The third kappa shape index (κ3) is 10.3. The number of hydrogen-bond donors (Lipinski definition) is 3. The summed E-state index contributed by atoms with van der Waals surface area (Å²) < 4.78 is 60.3. The molecule has 1 aliphatic carbocycles. The van der Waals surface area contributed by atoms with Crippen molar-refractivity contribution in [3.63, 3.8) is 0 Å². The number of para-hydroxylation sites is 1. The lowest BCUT2D eigenvalue weighted by molar-refractivity contribution is -0.192. The number of carbonyl (C=O) groups is 1. The highest BCUT2D eigenvalue weighted by Crippen LogP contribution is 2.30. The molecule has 1 saturated carbocycles. The number of anilines is 2. The van der Waals surface area contributed by atoms with Crippen LogP contribution in [0.3, 0.4) is 0 Å². The molecule has 3 aromatic rings. The van der Waals surface area contributed by atoms with E-state index in [1.807, 2.05) is 30.3 Å². The molecule has 0 atom stereocenters. The summed E-state index contributed by atoms with van der Waals surface area (Å²) in [6.45, 7) is 13.8. The minimum Gasteiger partial charge on any atom is -0.475 e. The Labute approximate surface area is 263 Å². The van der Waals surface area contributed by atoms with Crippen LogP contribution < -0.4 is 14.9 Å². The highest BCUT2D eigenvalue weighted by molar-refractivity contribution is 7.89. The normalized spacial score (nSPS) is 17.3. The third-order valence-corrected chi connectivity index (χ3v) is 9.44. The van der Waals surface area contributed by atoms with E-state index in [4.69, 9.17) is 19.9 Å². The first kappa shape index (κ1) is 36.0. The summed E-state index contributed by atoms with van der Waals surface area (Å²) in [4.78, 5) is 21.1. The van der Waals surface area contributed by atoms with Crippen LogP contribution in [0.2, 0.25) is 0 Å². The van der Waals surface area contributed by atoms with Crippen molar-refractivity contribution in [1.82, 2.24) is 14.7 Å². The molecular formula is C32H44F3N5O4S. The summed E-state index contributed by atoms with van der Waals surface area (Å²) in [5.74, 6) is -0.210. The van der Waals surface area contributed by atoms with E-state index in [0.29, 0.717) is 29.2 Å². The van der Waals surface area contributed by atoms with E-state index < -0.39 is 22.2 Å². The van der Waals surface area contributed by atoms with Crippen LogP contribution in [0.5, 0.6) is 0 Å². The van der Waals surface area contributed by atoms with Crippen molar-refractivity contribution in [3.8, 4) is 0 Å². The Kier molecular flexibility index (Phi) is 12.2. The summed E-state index contributed by atoms with van der Waals surface area (Å²) in [5, 5.41) is 11.7. The van der Waals surface area contributed by atoms with Gasteiger partial charge >= 0.3 is 12.1 Å². The van der Waals surface area contributed by atoms with Crippen LogP contribution in [0.15, 0.2) is 53.4 Å². The maximum absolute atomic E-state index is 12.8. The van der Waals surface area contributed by atoms with Gasteiger partial charge in [0.1, 0.15) is 5.82 Å². The van der Waals surface area contributed by atoms with E-state index in [2.05, 4.69) is 55.6 Å². The zero-order valence-electron chi connectivity index (χ0n) is 26.5.